The van der Waals surface area contributed by atoms with E-state index in [9.17, 15) is 0 Å². The highest BCUT2D eigenvalue weighted by Gasteiger charge is 2.11. The Morgan fingerprint density at radius 1 is 1.44 bits per heavy atom. The maximum absolute atomic E-state index is 5.38. The van der Waals surface area contributed by atoms with E-state index in [4.69, 9.17) is 21.7 Å². The number of rotatable bonds is 4. The third-order valence-corrected chi connectivity index (χ3v) is 2.99. The Hall–Kier alpha value is -1.17. The summed E-state index contributed by atoms with van der Waals surface area (Å²) in [7, 11) is 1.68. The predicted octanol–water partition coefficient (Wildman–Crippen LogP) is 2.04. The molecule has 0 amide bonds. The van der Waals surface area contributed by atoms with Crippen molar-refractivity contribution < 1.29 is 9.47 Å². The molecule has 1 aliphatic rings. The predicted molar refractivity (Wildman–Crippen MR) is 75.6 cm³/mol. The Morgan fingerprint density at radius 2 is 2.22 bits per heavy atom. The van der Waals surface area contributed by atoms with Gasteiger partial charge in [-0.3, -0.25) is 0 Å². The molecule has 1 aromatic rings. The molecule has 0 saturated heterocycles. The van der Waals surface area contributed by atoms with Crippen molar-refractivity contribution in [1.82, 2.24) is 5.32 Å². The number of nitrogens with one attached hydrogen (secondary N) is 2. The first kappa shape index (κ1) is 13.3. The van der Waals surface area contributed by atoms with Crippen molar-refractivity contribution in [1.29, 1.82) is 0 Å². The minimum atomic E-state index is 0.188. The molecular formula is C13H18N2O2S. The van der Waals surface area contributed by atoms with Gasteiger partial charge in [0, 0.05) is 18.8 Å². The van der Waals surface area contributed by atoms with Crippen molar-refractivity contribution in [2.45, 2.75) is 26.2 Å². The zero-order chi connectivity index (χ0) is 13.0. The van der Waals surface area contributed by atoms with Crippen molar-refractivity contribution >= 4 is 23.0 Å². The van der Waals surface area contributed by atoms with Crippen molar-refractivity contribution in [2.24, 2.45) is 0 Å². The number of fused-ring (bicyclic) bond motifs is 1. The molecule has 1 aromatic carbocycles. The van der Waals surface area contributed by atoms with Gasteiger partial charge in [-0.15, -0.1) is 0 Å². The highest BCUT2D eigenvalue weighted by Crippen LogP contribution is 2.23. The molecule has 1 atom stereocenters. The summed E-state index contributed by atoms with van der Waals surface area (Å²) in [5, 5.41) is 6.94. The first-order chi connectivity index (χ1) is 8.69. The largest absolute Gasteiger partial charge is 0.383 e. The molecule has 0 bridgehead atoms. The van der Waals surface area contributed by atoms with E-state index in [0.717, 1.165) is 5.69 Å². The van der Waals surface area contributed by atoms with Crippen LogP contribution in [-0.4, -0.2) is 24.9 Å². The van der Waals surface area contributed by atoms with Crippen LogP contribution in [0.3, 0.4) is 0 Å². The molecule has 4 nitrogen and oxygen atoms in total. The summed E-state index contributed by atoms with van der Waals surface area (Å²) in [6.45, 7) is 4.04. The molecule has 2 rings (SSSR count). The van der Waals surface area contributed by atoms with Gasteiger partial charge in [-0.1, -0.05) is 6.07 Å². The van der Waals surface area contributed by atoms with Gasteiger partial charge >= 0.3 is 0 Å². The Labute approximate surface area is 113 Å². The quantitative estimate of drug-likeness (QED) is 0.816. The van der Waals surface area contributed by atoms with Crippen molar-refractivity contribution in [3.63, 3.8) is 0 Å². The highest BCUT2D eigenvalue weighted by atomic mass is 32.1. The smallest absolute Gasteiger partial charge is 0.171 e. The molecule has 5 heteroatoms. The molecule has 1 heterocycles. The molecule has 18 heavy (non-hydrogen) atoms. The van der Waals surface area contributed by atoms with E-state index in [1.807, 2.05) is 13.0 Å². The second-order valence-corrected chi connectivity index (χ2v) is 4.84. The molecule has 0 aromatic heterocycles. The van der Waals surface area contributed by atoms with Crippen LogP contribution < -0.4 is 10.6 Å². The summed E-state index contributed by atoms with van der Waals surface area (Å²) in [6, 6.07) is 6.36. The summed E-state index contributed by atoms with van der Waals surface area (Å²) >= 11 is 5.25. The van der Waals surface area contributed by atoms with Gasteiger partial charge in [0.2, 0.25) is 0 Å². The van der Waals surface area contributed by atoms with E-state index in [0.29, 0.717) is 24.9 Å². The lowest BCUT2D eigenvalue weighted by Gasteiger charge is -2.16. The number of thiocarbonyl (C=S) groups is 1. The van der Waals surface area contributed by atoms with Gasteiger partial charge in [-0.25, -0.2) is 0 Å². The number of hydrogen-bond acceptors (Lipinski definition) is 3. The summed E-state index contributed by atoms with van der Waals surface area (Å²) < 4.78 is 10.4. The fourth-order valence-electron chi connectivity index (χ4n) is 1.93. The van der Waals surface area contributed by atoms with E-state index in [1.54, 1.807) is 7.11 Å². The topological polar surface area (TPSA) is 42.5 Å². The summed E-state index contributed by atoms with van der Waals surface area (Å²) in [4.78, 5) is 0. The SMILES string of the molecule is COCC(C)NC(=S)Nc1ccc2c(c1)COC2. The van der Waals surface area contributed by atoms with E-state index < -0.39 is 0 Å². The standard InChI is InChI=1S/C13H18N2O2S/c1-9(6-16-2)14-13(18)15-12-4-3-10-7-17-8-11(10)5-12/h3-5,9H,6-8H2,1-2H3,(H2,14,15,18). The fourth-order valence-corrected chi connectivity index (χ4v) is 2.25. The Bertz CT molecular complexity index is 437. The molecular weight excluding hydrogens is 248 g/mol. The van der Waals surface area contributed by atoms with Gasteiger partial charge < -0.3 is 20.1 Å². The fraction of sp³-hybridized carbons (Fsp3) is 0.462. The molecule has 0 spiro atoms. The summed E-state index contributed by atoms with van der Waals surface area (Å²) in [5.74, 6) is 0. The molecule has 0 aliphatic carbocycles. The molecule has 2 N–H and O–H groups in total. The van der Waals surface area contributed by atoms with Gasteiger partial charge in [0.15, 0.2) is 5.11 Å². The molecule has 98 valence electrons. The third kappa shape index (κ3) is 3.41. The van der Waals surface area contributed by atoms with Crippen LogP contribution in [0.1, 0.15) is 18.1 Å². The van der Waals surface area contributed by atoms with Crippen LogP contribution in [0.15, 0.2) is 18.2 Å². The monoisotopic (exact) mass is 266 g/mol. The number of ether oxygens (including phenoxy) is 2. The molecule has 0 saturated carbocycles. The van der Waals surface area contributed by atoms with E-state index in [1.165, 1.54) is 11.1 Å². The second-order valence-electron chi connectivity index (χ2n) is 4.43. The van der Waals surface area contributed by atoms with Gasteiger partial charge in [0.1, 0.15) is 0 Å². The number of methoxy groups -OCH3 is 1. The van der Waals surface area contributed by atoms with E-state index in [-0.39, 0.29) is 6.04 Å². The third-order valence-electron chi connectivity index (χ3n) is 2.77. The highest BCUT2D eigenvalue weighted by molar-refractivity contribution is 7.80. The van der Waals surface area contributed by atoms with Crippen LogP contribution >= 0.6 is 12.2 Å². The lowest BCUT2D eigenvalue weighted by atomic mass is 10.1. The molecule has 1 unspecified atom stereocenters. The maximum Gasteiger partial charge on any atom is 0.171 e. The van der Waals surface area contributed by atoms with Gasteiger partial charge in [0.05, 0.1) is 19.8 Å². The van der Waals surface area contributed by atoms with Gasteiger partial charge in [-0.2, -0.15) is 0 Å². The number of hydrogen-bond donors (Lipinski definition) is 2. The van der Waals surface area contributed by atoms with Crippen LogP contribution in [0.25, 0.3) is 0 Å². The van der Waals surface area contributed by atoms with Crippen LogP contribution in [0.4, 0.5) is 5.69 Å². The lowest BCUT2D eigenvalue weighted by molar-refractivity contribution is 0.134. The first-order valence-corrected chi connectivity index (χ1v) is 6.36. The lowest BCUT2D eigenvalue weighted by Crippen LogP contribution is -2.38. The molecule has 1 aliphatic heterocycles. The van der Waals surface area contributed by atoms with Crippen LogP contribution in [0.2, 0.25) is 0 Å². The normalized spacial score (nSPS) is 15.0. The van der Waals surface area contributed by atoms with Crippen LogP contribution in [0.5, 0.6) is 0 Å². The minimum absolute atomic E-state index is 0.188. The number of anilines is 1. The Morgan fingerprint density at radius 3 is 3.00 bits per heavy atom. The van der Waals surface area contributed by atoms with Crippen LogP contribution in [-0.2, 0) is 22.7 Å². The molecule has 0 fully saturated rings. The maximum atomic E-state index is 5.38. The van der Waals surface area contributed by atoms with E-state index >= 15 is 0 Å². The zero-order valence-corrected chi connectivity index (χ0v) is 11.5. The Balaban J connectivity index is 1.91. The van der Waals surface area contributed by atoms with Gasteiger partial charge in [0.25, 0.3) is 0 Å². The van der Waals surface area contributed by atoms with Crippen molar-refractivity contribution in [3.05, 3.63) is 29.3 Å². The van der Waals surface area contributed by atoms with Gasteiger partial charge in [-0.05, 0) is 42.4 Å². The average molecular weight is 266 g/mol. The summed E-state index contributed by atoms with van der Waals surface area (Å²) in [6.07, 6.45) is 0. The Kier molecular flexibility index (Phi) is 4.52. The zero-order valence-electron chi connectivity index (χ0n) is 10.7. The minimum Gasteiger partial charge on any atom is -0.383 e. The van der Waals surface area contributed by atoms with Crippen molar-refractivity contribution in [2.75, 3.05) is 19.0 Å². The summed E-state index contributed by atoms with van der Waals surface area (Å²) in [5.41, 5.74) is 3.47. The average Bonchev–Trinajstić information content (AvgIpc) is 2.76. The van der Waals surface area contributed by atoms with Crippen LogP contribution in [0, 0.1) is 0 Å². The first-order valence-electron chi connectivity index (χ1n) is 5.95. The van der Waals surface area contributed by atoms with E-state index in [2.05, 4.69) is 22.8 Å². The second kappa shape index (κ2) is 6.13. The van der Waals surface area contributed by atoms with Crippen molar-refractivity contribution in [3.8, 4) is 0 Å². The number of benzene rings is 1. The molecule has 0 radical (unpaired) electrons.